The van der Waals surface area contributed by atoms with Gasteiger partial charge in [0.15, 0.2) is 5.17 Å². The van der Waals surface area contributed by atoms with Crippen molar-refractivity contribution in [3.8, 4) is 0 Å². The van der Waals surface area contributed by atoms with Crippen molar-refractivity contribution in [1.29, 1.82) is 0 Å². The lowest BCUT2D eigenvalue weighted by Gasteiger charge is -2.11. The van der Waals surface area contributed by atoms with Gasteiger partial charge in [-0.05, 0) is 67.8 Å². The Hall–Kier alpha value is -2.31. The third-order valence-corrected chi connectivity index (χ3v) is 6.15. The predicted octanol–water partition coefficient (Wildman–Crippen LogP) is 4.86. The van der Waals surface area contributed by atoms with Gasteiger partial charge in [-0.25, -0.2) is 4.99 Å². The van der Waals surface area contributed by atoms with Crippen molar-refractivity contribution in [2.45, 2.75) is 32.4 Å². The molecule has 2 aromatic carbocycles. The summed E-state index contributed by atoms with van der Waals surface area (Å²) in [6.45, 7) is 5.95. The Morgan fingerprint density at radius 3 is 2.57 bits per heavy atom. The first-order valence-corrected chi connectivity index (χ1v) is 10.2. The molecule has 1 aliphatic rings. The van der Waals surface area contributed by atoms with E-state index in [1.54, 1.807) is 25.2 Å². The maximum atomic E-state index is 12.6. The second-order valence-corrected chi connectivity index (χ2v) is 8.48. The normalized spacial score (nSPS) is 18.0. The molecular weight excluding hydrogens is 394 g/mol. The summed E-state index contributed by atoms with van der Waals surface area (Å²) in [5.41, 5.74) is 4.71. The number of anilines is 1. The second-order valence-electron chi connectivity index (χ2n) is 6.88. The Kier molecular flexibility index (Phi) is 6.10. The Balaban J connectivity index is 1.69. The fourth-order valence-electron chi connectivity index (χ4n) is 2.84. The molecule has 7 heteroatoms. The number of aryl methyl sites for hydroxylation is 3. The number of carbonyl (C=O) groups is 2. The number of carbonyl (C=O) groups excluding carboxylic acids is 2. The zero-order chi connectivity index (χ0) is 20.4. The highest BCUT2D eigenvalue weighted by atomic mass is 35.5. The smallest absolute Gasteiger partial charge is 0.242 e. The van der Waals surface area contributed by atoms with Gasteiger partial charge in [0, 0.05) is 24.2 Å². The molecule has 0 unspecified atom stereocenters. The summed E-state index contributed by atoms with van der Waals surface area (Å²) < 4.78 is 0. The van der Waals surface area contributed by atoms with E-state index in [1.807, 2.05) is 39.0 Å². The maximum absolute atomic E-state index is 12.6. The van der Waals surface area contributed by atoms with Gasteiger partial charge in [-0.2, -0.15) is 0 Å². The molecule has 0 aromatic heterocycles. The van der Waals surface area contributed by atoms with Crippen LogP contribution in [0.5, 0.6) is 0 Å². The number of hydrogen-bond acceptors (Lipinski definition) is 4. The summed E-state index contributed by atoms with van der Waals surface area (Å²) in [5.74, 6) is -0.326. The lowest BCUT2D eigenvalue weighted by atomic mass is 10.1. The van der Waals surface area contributed by atoms with Gasteiger partial charge in [0.2, 0.25) is 11.8 Å². The molecule has 0 radical (unpaired) electrons. The minimum absolute atomic E-state index is 0.0852. The molecule has 0 saturated carbocycles. The molecule has 3 rings (SSSR count). The van der Waals surface area contributed by atoms with Crippen LogP contribution in [0.4, 0.5) is 11.4 Å². The lowest BCUT2D eigenvalue weighted by Crippen LogP contribution is -2.30. The van der Waals surface area contributed by atoms with E-state index in [2.05, 4.69) is 10.3 Å². The maximum Gasteiger partial charge on any atom is 0.242 e. The molecule has 2 amide bonds. The van der Waals surface area contributed by atoms with Gasteiger partial charge in [0.1, 0.15) is 5.25 Å². The van der Waals surface area contributed by atoms with E-state index >= 15 is 0 Å². The van der Waals surface area contributed by atoms with E-state index in [0.717, 1.165) is 16.8 Å². The number of benzene rings is 2. The summed E-state index contributed by atoms with van der Waals surface area (Å²) >= 11 is 7.27. The van der Waals surface area contributed by atoms with Gasteiger partial charge in [0.05, 0.1) is 5.69 Å². The van der Waals surface area contributed by atoms with Gasteiger partial charge in [-0.15, -0.1) is 0 Å². The standard InChI is InChI=1S/C21H22ClN3O2S/c1-12-5-7-16(10-13(12)2)23-21-25(4)20(27)18(28-21)11-19(26)24-17-8-6-15(22)9-14(17)3/h5-10,18H,11H2,1-4H3,(H,24,26)/t18-/m0/s1. The molecule has 0 bridgehead atoms. The number of aliphatic imine (C=N–C) groups is 1. The molecule has 2 aromatic rings. The number of hydrogen-bond donors (Lipinski definition) is 1. The fourth-order valence-corrected chi connectivity index (χ4v) is 4.22. The number of amidine groups is 1. The first kappa shape index (κ1) is 20.4. The molecule has 0 spiro atoms. The molecular formula is C21H22ClN3O2S. The summed E-state index contributed by atoms with van der Waals surface area (Å²) in [7, 11) is 1.69. The Morgan fingerprint density at radius 1 is 1.14 bits per heavy atom. The van der Waals surface area contributed by atoms with Crippen LogP contribution in [0.25, 0.3) is 0 Å². The topological polar surface area (TPSA) is 61.8 Å². The van der Waals surface area contributed by atoms with E-state index < -0.39 is 5.25 Å². The molecule has 146 valence electrons. The summed E-state index contributed by atoms with van der Waals surface area (Å²) in [6.07, 6.45) is 0.0852. The van der Waals surface area contributed by atoms with E-state index in [0.29, 0.717) is 15.9 Å². The second kappa shape index (κ2) is 8.37. The number of nitrogens with one attached hydrogen (secondary N) is 1. The van der Waals surface area contributed by atoms with Crippen LogP contribution in [0.1, 0.15) is 23.1 Å². The van der Waals surface area contributed by atoms with Crippen LogP contribution in [-0.4, -0.2) is 34.2 Å². The first-order chi connectivity index (χ1) is 13.2. The van der Waals surface area contributed by atoms with Crippen LogP contribution in [0.3, 0.4) is 0 Å². The largest absolute Gasteiger partial charge is 0.326 e. The Labute approximate surface area is 174 Å². The van der Waals surface area contributed by atoms with E-state index in [1.165, 1.54) is 22.2 Å². The first-order valence-electron chi connectivity index (χ1n) is 8.91. The lowest BCUT2D eigenvalue weighted by molar-refractivity contribution is -0.127. The molecule has 5 nitrogen and oxygen atoms in total. The highest BCUT2D eigenvalue weighted by Crippen LogP contribution is 2.31. The number of thioether (sulfide) groups is 1. The number of rotatable bonds is 4. The molecule has 1 aliphatic heterocycles. The van der Waals surface area contributed by atoms with Crippen molar-refractivity contribution >= 4 is 51.7 Å². The zero-order valence-corrected chi connectivity index (χ0v) is 17.8. The van der Waals surface area contributed by atoms with Gasteiger partial charge < -0.3 is 5.32 Å². The van der Waals surface area contributed by atoms with Crippen molar-refractivity contribution in [3.05, 3.63) is 58.1 Å². The summed E-state index contributed by atoms with van der Waals surface area (Å²) in [5, 5.41) is 3.59. The fraction of sp³-hybridized carbons (Fsp3) is 0.286. The molecule has 0 aliphatic carbocycles. The van der Waals surface area contributed by atoms with Crippen molar-refractivity contribution < 1.29 is 9.59 Å². The van der Waals surface area contributed by atoms with Gasteiger partial charge in [0.25, 0.3) is 0 Å². The number of halogens is 1. The average molecular weight is 416 g/mol. The quantitative estimate of drug-likeness (QED) is 0.775. The average Bonchev–Trinajstić information content (AvgIpc) is 2.88. The Morgan fingerprint density at radius 2 is 1.89 bits per heavy atom. The van der Waals surface area contributed by atoms with E-state index in [-0.39, 0.29) is 18.2 Å². The van der Waals surface area contributed by atoms with Crippen LogP contribution >= 0.6 is 23.4 Å². The third kappa shape index (κ3) is 4.56. The predicted molar refractivity (Wildman–Crippen MR) is 117 cm³/mol. The molecule has 1 N–H and O–H groups in total. The zero-order valence-electron chi connectivity index (χ0n) is 16.2. The van der Waals surface area contributed by atoms with Gasteiger partial charge >= 0.3 is 0 Å². The minimum atomic E-state index is -0.483. The van der Waals surface area contributed by atoms with Crippen molar-refractivity contribution in [3.63, 3.8) is 0 Å². The number of amides is 2. The van der Waals surface area contributed by atoms with Crippen molar-refractivity contribution in [1.82, 2.24) is 4.90 Å². The highest BCUT2D eigenvalue weighted by Gasteiger charge is 2.37. The van der Waals surface area contributed by atoms with Crippen LogP contribution in [0, 0.1) is 20.8 Å². The van der Waals surface area contributed by atoms with E-state index in [9.17, 15) is 9.59 Å². The number of nitrogens with zero attached hydrogens (tertiary/aromatic N) is 2. The highest BCUT2D eigenvalue weighted by molar-refractivity contribution is 8.15. The van der Waals surface area contributed by atoms with Crippen LogP contribution in [0.15, 0.2) is 41.4 Å². The molecule has 28 heavy (non-hydrogen) atoms. The van der Waals surface area contributed by atoms with Crippen molar-refractivity contribution in [2.24, 2.45) is 4.99 Å². The summed E-state index contributed by atoms with van der Waals surface area (Å²) in [6, 6.07) is 11.2. The SMILES string of the molecule is Cc1ccc(N=C2S[C@@H](CC(=O)Nc3ccc(Cl)cc3C)C(=O)N2C)cc1C. The van der Waals surface area contributed by atoms with Gasteiger partial charge in [-0.3, -0.25) is 14.5 Å². The van der Waals surface area contributed by atoms with E-state index in [4.69, 9.17) is 11.6 Å². The van der Waals surface area contributed by atoms with Crippen LogP contribution in [0.2, 0.25) is 5.02 Å². The van der Waals surface area contributed by atoms with Crippen LogP contribution < -0.4 is 5.32 Å². The molecule has 1 atom stereocenters. The molecule has 1 heterocycles. The third-order valence-electron chi connectivity index (χ3n) is 4.69. The summed E-state index contributed by atoms with van der Waals surface area (Å²) in [4.78, 5) is 31.1. The monoisotopic (exact) mass is 415 g/mol. The van der Waals surface area contributed by atoms with Crippen molar-refractivity contribution in [2.75, 3.05) is 12.4 Å². The molecule has 1 fully saturated rings. The van der Waals surface area contributed by atoms with Crippen LogP contribution in [-0.2, 0) is 9.59 Å². The molecule has 1 saturated heterocycles. The van der Waals surface area contributed by atoms with Gasteiger partial charge in [-0.1, -0.05) is 29.4 Å². The minimum Gasteiger partial charge on any atom is -0.326 e. The Bertz CT molecular complexity index is 974.